The Balaban J connectivity index is 2.15. The number of hydrogen-bond donors (Lipinski definition) is 1. The molecule has 0 fully saturated rings. The van der Waals surface area contributed by atoms with Crippen LogP contribution in [0.15, 0.2) is 29.0 Å². The molecule has 0 aliphatic rings. The number of hydrogen-bond acceptors (Lipinski definition) is 4. The highest BCUT2D eigenvalue weighted by atomic mass is 16.5. The van der Waals surface area contributed by atoms with Gasteiger partial charge in [-0.2, -0.15) is 4.98 Å². The Bertz CT molecular complexity index is 407. The average Bonchev–Trinajstić information content (AvgIpc) is 2.87. The van der Waals surface area contributed by atoms with E-state index in [1.165, 1.54) is 0 Å². The predicted molar refractivity (Wildman–Crippen MR) is 55.3 cm³/mol. The lowest BCUT2D eigenvalue weighted by molar-refractivity contribution is 0.369. The van der Waals surface area contributed by atoms with Crippen molar-refractivity contribution in [3.63, 3.8) is 0 Å². The standard InChI is InChI=1S/C10H14N4O/c1-8(14-6-2-3-7-14)10-12-9(4-5-11)15-13-10/h2-3,6-8H,4-5,11H2,1H3/t8-/m0/s1. The minimum Gasteiger partial charge on any atom is -0.344 e. The van der Waals surface area contributed by atoms with Crippen molar-refractivity contribution >= 4 is 0 Å². The first-order valence-corrected chi connectivity index (χ1v) is 4.96. The number of rotatable bonds is 4. The SMILES string of the molecule is C[C@@H](c1noc(CCN)n1)n1cccc1. The van der Waals surface area contributed by atoms with Crippen LogP contribution >= 0.6 is 0 Å². The number of nitrogens with two attached hydrogens (primary N) is 1. The maximum atomic E-state index is 5.41. The molecular formula is C10H14N4O. The van der Waals surface area contributed by atoms with Crippen molar-refractivity contribution < 1.29 is 4.52 Å². The Hall–Kier alpha value is -1.62. The lowest BCUT2D eigenvalue weighted by Gasteiger charge is -2.07. The van der Waals surface area contributed by atoms with Gasteiger partial charge in [0.2, 0.25) is 5.89 Å². The van der Waals surface area contributed by atoms with Gasteiger partial charge < -0.3 is 14.8 Å². The van der Waals surface area contributed by atoms with Gasteiger partial charge in [-0.3, -0.25) is 0 Å². The third kappa shape index (κ3) is 2.07. The maximum absolute atomic E-state index is 5.41. The molecule has 5 nitrogen and oxygen atoms in total. The lowest BCUT2D eigenvalue weighted by atomic mass is 10.3. The molecule has 0 saturated carbocycles. The summed E-state index contributed by atoms with van der Waals surface area (Å²) in [6.45, 7) is 2.55. The first-order valence-electron chi connectivity index (χ1n) is 4.96. The molecule has 2 aromatic heterocycles. The molecule has 0 aromatic carbocycles. The molecule has 0 aliphatic carbocycles. The summed E-state index contributed by atoms with van der Waals surface area (Å²) in [6.07, 6.45) is 4.58. The molecule has 0 saturated heterocycles. The van der Waals surface area contributed by atoms with E-state index >= 15 is 0 Å². The highest BCUT2D eigenvalue weighted by Crippen LogP contribution is 2.14. The molecule has 2 N–H and O–H groups in total. The molecule has 80 valence electrons. The van der Waals surface area contributed by atoms with Crippen LogP contribution in [-0.4, -0.2) is 21.3 Å². The highest BCUT2D eigenvalue weighted by Gasteiger charge is 2.13. The molecule has 0 aliphatic heterocycles. The topological polar surface area (TPSA) is 69.9 Å². The normalized spacial score (nSPS) is 12.9. The third-order valence-electron chi connectivity index (χ3n) is 2.29. The first kappa shape index (κ1) is 9.92. The van der Waals surface area contributed by atoms with E-state index in [4.69, 9.17) is 10.3 Å². The van der Waals surface area contributed by atoms with Crippen LogP contribution in [0.25, 0.3) is 0 Å². The Kier molecular flexibility index (Phi) is 2.82. The van der Waals surface area contributed by atoms with Crippen molar-refractivity contribution in [1.29, 1.82) is 0 Å². The van der Waals surface area contributed by atoms with E-state index < -0.39 is 0 Å². The molecule has 0 radical (unpaired) electrons. The fourth-order valence-corrected chi connectivity index (χ4v) is 1.40. The molecule has 5 heteroatoms. The van der Waals surface area contributed by atoms with Gasteiger partial charge in [-0.25, -0.2) is 0 Å². The second-order valence-electron chi connectivity index (χ2n) is 3.39. The molecule has 0 spiro atoms. The Morgan fingerprint density at radius 3 is 2.87 bits per heavy atom. The zero-order valence-electron chi connectivity index (χ0n) is 8.63. The van der Waals surface area contributed by atoms with Crippen molar-refractivity contribution in [2.75, 3.05) is 6.54 Å². The van der Waals surface area contributed by atoms with Gasteiger partial charge in [0.05, 0.1) is 6.04 Å². The fourth-order valence-electron chi connectivity index (χ4n) is 1.40. The Labute approximate surface area is 87.9 Å². The molecule has 0 bridgehead atoms. The molecule has 2 heterocycles. The van der Waals surface area contributed by atoms with Crippen molar-refractivity contribution in [2.24, 2.45) is 5.73 Å². The van der Waals surface area contributed by atoms with Crippen LogP contribution in [0.3, 0.4) is 0 Å². The van der Waals surface area contributed by atoms with Gasteiger partial charge in [-0.15, -0.1) is 0 Å². The van der Waals surface area contributed by atoms with Gasteiger partial charge in [0.1, 0.15) is 0 Å². The van der Waals surface area contributed by atoms with Crippen LogP contribution in [0.5, 0.6) is 0 Å². The van der Waals surface area contributed by atoms with Gasteiger partial charge in [-0.1, -0.05) is 5.16 Å². The monoisotopic (exact) mass is 206 g/mol. The zero-order chi connectivity index (χ0) is 10.7. The summed E-state index contributed by atoms with van der Waals surface area (Å²) >= 11 is 0. The zero-order valence-corrected chi connectivity index (χ0v) is 8.63. The van der Waals surface area contributed by atoms with Crippen molar-refractivity contribution in [1.82, 2.24) is 14.7 Å². The first-order chi connectivity index (χ1) is 7.31. The summed E-state index contributed by atoms with van der Waals surface area (Å²) in [5.41, 5.74) is 5.41. The van der Waals surface area contributed by atoms with Gasteiger partial charge in [0.25, 0.3) is 0 Å². The molecule has 15 heavy (non-hydrogen) atoms. The van der Waals surface area contributed by atoms with Crippen LogP contribution in [0, 0.1) is 0 Å². The minimum atomic E-state index is 0.0928. The fraction of sp³-hybridized carbons (Fsp3) is 0.400. The van der Waals surface area contributed by atoms with E-state index in [-0.39, 0.29) is 6.04 Å². The number of aromatic nitrogens is 3. The highest BCUT2D eigenvalue weighted by molar-refractivity contribution is 5.00. The van der Waals surface area contributed by atoms with Crippen LogP contribution in [-0.2, 0) is 6.42 Å². The Morgan fingerprint density at radius 2 is 2.20 bits per heavy atom. The summed E-state index contributed by atoms with van der Waals surface area (Å²) < 4.78 is 7.09. The van der Waals surface area contributed by atoms with E-state index in [0.29, 0.717) is 24.7 Å². The summed E-state index contributed by atoms with van der Waals surface area (Å²) in [7, 11) is 0. The van der Waals surface area contributed by atoms with E-state index in [1.807, 2.05) is 36.0 Å². The largest absolute Gasteiger partial charge is 0.344 e. The summed E-state index contributed by atoms with van der Waals surface area (Å²) in [5.74, 6) is 1.29. The minimum absolute atomic E-state index is 0.0928. The molecule has 0 unspecified atom stereocenters. The second-order valence-corrected chi connectivity index (χ2v) is 3.39. The summed E-state index contributed by atoms with van der Waals surface area (Å²) in [5, 5.41) is 3.93. The van der Waals surface area contributed by atoms with Crippen molar-refractivity contribution in [3.8, 4) is 0 Å². The van der Waals surface area contributed by atoms with Gasteiger partial charge in [0.15, 0.2) is 5.82 Å². The summed E-state index contributed by atoms with van der Waals surface area (Å²) in [4.78, 5) is 4.28. The van der Waals surface area contributed by atoms with E-state index in [9.17, 15) is 0 Å². The maximum Gasteiger partial charge on any atom is 0.227 e. The average molecular weight is 206 g/mol. The van der Waals surface area contributed by atoms with Crippen LogP contribution in [0.1, 0.15) is 24.7 Å². The second kappa shape index (κ2) is 4.27. The molecule has 1 atom stereocenters. The van der Waals surface area contributed by atoms with E-state index in [1.54, 1.807) is 0 Å². The summed E-state index contributed by atoms with van der Waals surface area (Å²) in [6, 6.07) is 4.03. The van der Waals surface area contributed by atoms with Crippen LogP contribution in [0.4, 0.5) is 0 Å². The van der Waals surface area contributed by atoms with Gasteiger partial charge >= 0.3 is 0 Å². The van der Waals surface area contributed by atoms with Crippen molar-refractivity contribution in [2.45, 2.75) is 19.4 Å². The molecule has 0 amide bonds. The quantitative estimate of drug-likeness (QED) is 0.809. The third-order valence-corrected chi connectivity index (χ3v) is 2.29. The molecule has 2 rings (SSSR count). The van der Waals surface area contributed by atoms with Gasteiger partial charge in [0, 0.05) is 25.4 Å². The van der Waals surface area contributed by atoms with Crippen LogP contribution in [0.2, 0.25) is 0 Å². The Morgan fingerprint density at radius 1 is 1.47 bits per heavy atom. The molecular weight excluding hydrogens is 192 g/mol. The lowest BCUT2D eigenvalue weighted by Crippen LogP contribution is -2.07. The number of nitrogens with zero attached hydrogens (tertiary/aromatic N) is 3. The van der Waals surface area contributed by atoms with Gasteiger partial charge in [-0.05, 0) is 19.1 Å². The van der Waals surface area contributed by atoms with Crippen LogP contribution < -0.4 is 5.73 Å². The van der Waals surface area contributed by atoms with Crippen molar-refractivity contribution in [3.05, 3.63) is 36.2 Å². The smallest absolute Gasteiger partial charge is 0.227 e. The predicted octanol–water partition coefficient (Wildman–Crippen LogP) is 0.982. The molecule has 2 aromatic rings. The van der Waals surface area contributed by atoms with E-state index in [2.05, 4.69) is 10.1 Å². The van der Waals surface area contributed by atoms with E-state index in [0.717, 1.165) is 0 Å².